The summed E-state index contributed by atoms with van der Waals surface area (Å²) in [7, 11) is 1.85. The standard InChI is InChI=1S/C23H38N6/c1-3-27-17-19-28(20-18-27)14-7-6-12-25-23(24-2)26-13-8-15-29-16-11-21-9-4-5-10-22(21)29/h4-5,9-11,16H,3,6-8,12-15,17-20H2,1-2H3,(H2,24,25,26). The monoisotopic (exact) mass is 398 g/mol. The van der Waals surface area contributed by atoms with Crippen LogP contribution in [0.3, 0.4) is 0 Å². The van der Waals surface area contributed by atoms with Crippen molar-refractivity contribution in [3.63, 3.8) is 0 Å². The molecule has 0 radical (unpaired) electrons. The Hall–Kier alpha value is -2.05. The van der Waals surface area contributed by atoms with E-state index in [1.807, 2.05) is 7.05 Å². The molecule has 2 N–H and O–H groups in total. The van der Waals surface area contributed by atoms with Gasteiger partial charge in [-0.1, -0.05) is 25.1 Å². The molecule has 0 spiro atoms. The summed E-state index contributed by atoms with van der Waals surface area (Å²) in [4.78, 5) is 9.49. The predicted molar refractivity (Wildman–Crippen MR) is 124 cm³/mol. The summed E-state index contributed by atoms with van der Waals surface area (Å²) in [6, 6.07) is 10.7. The molecule has 160 valence electrons. The Morgan fingerprint density at radius 3 is 2.38 bits per heavy atom. The van der Waals surface area contributed by atoms with E-state index in [9.17, 15) is 0 Å². The second kappa shape index (κ2) is 11.8. The van der Waals surface area contributed by atoms with E-state index in [-0.39, 0.29) is 0 Å². The molecule has 2 aromatic rings. The van der Waals surface area contributed by atoms with Crippen LogP contribution in [-0.4, -0.2) is 79.7 Å². The molecule has 1 aliphatic rings. The van der Waals surface area contributed by atoms with E-state index < -0.39 is 0 Å². The molecule has 1 aromatic heterocycles. The van der Waals surface area contributed by atoms with Crippen LogP contribution < -0.4 is 10.6 Å². The first-order chi connectivity index (χ1) is 14.3. The average molecular weight is 399 g/mol. The third-order valence-corrected chi connectivity index (χ3v) is 5.88. The molecule has 0 aliphatic carbocycles. The van der Waals surface area contributed by atoms with Gasteiger partial charge < -0.3 is 25.0 Å². The lowest BCUT2D eigenvalue weighted by Crippen LogP contribution is -2.46. The van der Waals surface area contributed by atoms with Gasteiger partial charge in [-0.2, -0.15) is 0 Å². The number of fused-ring (bicyclic) bond motifs is 1. The van der Waals surface area contributed by atoms with Gasteiger partial charge >= 0.3 is 0 Å². The molecule has 1 fully saturated rings. The number of aryl methyl sites for hydroxylation is 1. The van der Waals surface area contributed by atoms with Crippen LogP contribution in [0.5, 0.6) is 0 Å². The van der Waals surface area contributed by atoms with Gasteiger partial charge in [0.25, 0.3) is 0 Å². The minimum Gasteiger partial charge on any atom is -0.356 e. The van der Waals surface area contributed by atoms with E-state index in [0.717, 1.165) is 32.0 Å². The topological polar surface area (TPSA) is 47.8 Å². The Bertz CT molecular complexity index is 745. The summed E-state index contributed by atoms with van der Waals surface area (Å²) < 4.78 is 2.33. The fraction of sp³-hybridized carbons (Fsp3) is 0.609. The second-order valence-electron chi connectivity index (χ2n) is 7.83. The highest BCUT2D eigenvalue weighted by Gasteiger charge is 2.14. The highest BCUT2D eigenvalue weighted by Crippen LogP contribution is 2.15. The number of nitrogens with one attached hydrogen (secondary N) is 2. The molecule has 0 unspecified atom stereocenters. The number of guanidine groups is 1. The smallest absolute Gasteiger partial charge is 0.190 e. The lowest BCUT2D eigenvalue weighted by Gasteiger charge is -2.34. The van der Waals surface area contributed by atoms with Crippen molar-refractivity contribution >= 4 is 16.9 Å². The number of piperazine rings is 1. The quantitative estimate of drug-likeness (QED) is 0.367. The lowest BCUT2D eigenvalue weighted by atomic mass is 10.2. The number of para-hydroxylation sites is 1. The zero-order valence-corrected chi connectivity index (χ0v) is 18.2. The van der Waals surface area contributed by atoms with E-state index >= 15 is 0 Å². The van der Waals surface area contributed by atoms with Crippen molar-refractivity contribution < 1.29 is 0 Å². The first-order valence-electron chi connectivity index (χ1n) is 11.2. The number of rotatable bonds is 10. The van der Waals surface area contributed by atoms with Crippen LogP contribution in [0.4, 0.5) is 0 Å². The molecule has 6 heteroatoms. The Kier molecular flexibility index (Phi) is 8.83. The maximum atomic E-state index is 4.35. The van der Waals surface area contributed by atoms with Crippen molar-refractivity contribution in [2.75, 3.05) is 59.4 Å². The number of aromatic nitrogens is 1. The van der Waals surface area contributed by atoms with E-state index in [2.05, 4.69) is 73.4 Å². The van der Waals surface area contributed by atoms with Crippen molar-refractivity contribution in [2.45, 2.75) is 32.7 Å². The maximum absolute atomic E-state index is 4.35. The summed E-state index contributed by atoms with van der Waals surface area (Å²) in [5, 5.41) is 8.20. The van der Waals surface area contributed by atoms with Gasteiger partial charge in [0, 0.05) is 64.6 Å². The van der Waals surface area contributed by atoms with Crippen LogP contribution in [-0.2, 0) is 6.54 Å². The highest BCUT2D eigenvalue weighted by molar-refractivity contribution is 5.80. The molecule has 1 saturated heterocycles. The SMILES string of the molecule is CCN1CCN(CCCCNC(=NC)NCCCn2ccc3ccccc32)CC1. The molecule has 1 aromatic carbocycles. The molecule has 0 bridgehead atoms. The molecule has 2 heterocycles. The van der Waals surface area contributed by atoms with Gasteiger partial charge in [-0.05, 0) is 49.9 Å². The van der Waals surface area contributed by atoms with E-state index in [1.165, 1.54) is 63.0 Å². The number of benzene rings is 1. The minimum atomic E-state index is 0.916. The van der Waals surface area contributed by atoms with Crippen LogP contribution in [0.25, 0.3) is 10.9 Å². The van der Waals surface area contributed by atoms with Crippen LogP contribution >= 0.6 is 0 Å². The van der Waals surface area contributed by atoms with Gasteiger partial charge in [-0.15, -0.1) is 0 Å². The Balaban J connectivity index is 1.24. The Morgan fingerprint density at radius 2 is 1.62 bits per heavy atom. The van der Waals surface area contributed by atoms with Crippen LogP contribution in [0.2, 0.25) is 0 Å². The van der Waals surface area contributed by atoms with Gasteiger partial charge in [-0.3, -0.25) is 4.99 Å². The second-order valence-corrected chi connectivity index (χ2v) is 7.83. The van der Waals surface area contributed by atoms with E-state index in [1.54, 1.807) is 0 Å². The molecule has 3 rings (SSSR count). The zero-order valence-electron chi connectivity index (χ0n) is 18.2. The van der Waals surface area contributed by atoms with Gasteiger partial charge in [-0.25, -0.2) is 0 Å². The molecule has 1 aliphatic heterocycles. The van der Waals surface area contributed by atoms with Gasteiger partial charge in [0.05, 0.1) is 0 Å². The predicted octanol–water partition coefficient (Wildman–Crippen LogP) is 2.61. The third-order valence-electron chi connectivity index (χ3n) is 5.88. The summed E-state index contributed by atoms with van der Waals surface area (Å²) in [5.74, 6) is 0.916. The molecule has 0 amide bonds. The summed E-state index contributed by atoms with van der Waals surface area (Å²) >= 11 is 0. The minimum absolute atomic E-state index is 0.916. The molecule has 6 nitrogen and oxygen atoms in total. The molecule has 0 saturated carbocycles. The summed E-state index contributed by atoms with van der Waals surface area (Å²) in [5.41, 5.74) is 1.31. The number of likely N-dealkylation sites (N-methyl/N-ethyl adjacent to an activating group) is 1. The number of hydrogen-bond acceptors (Lipinski definition) is 3. The van der Waals surface area contributed by atoms with Crippen molar-refractivity contribution in [3.8, 4) is 0 Å². The normalized spacial score (nSPS) is 16.4. The number of hydrogen-bond donors (Lipinski definition) is 2. The summed E-state index contributed by atoms with van der Waals surface area (Å²) in [6.45, 7) is 12.5. The fourth-order valence-corrected chi connectivity index (χ4v) is 4.01. The van der Waals surface area contributed by atoms with Crippen LogP contribution in [0.1, 0.15) is 26.2 Å². The van der Waals surface area contributed by atoms with Gasteiger partial charge in [0.2, 0.25) is 0 Å². The van der Waals surface area contributed by atoms with Gasteiger partial charge in [0.1, 0.15) is 0 Å². The largest absolute Gasteiger partial charge is 0.356 e. The number of aliphatic imine (C=N–C) groups is 1. The number of unbranched alkanes of at least 4 members (excludes halogenated alkanes) is 1. The van der Waals surface area contributed by atoms with Crippen molar-refractivity contribution in [3.05, 3.63) is 36.5 Å². The van der Waals surface area contributed by atoms with Crippen LogP contribution in [0, 0.1) is 0 Å². The third kappa shape index (κ3) is 6.75. The van der Waals surface area contributed by atoms with E-state index in [0.29, 0.717) is 0 Å². The van der Waals surface area contributed by atoms with Crippen molar-refractivity contribution in [2.24, 2.45) is 4.99 Å². The molecule has 0 atom stereocenters. The van der Waals surface area contributed by atoms with Crippen LogP contribution in [0.15, 0.2) is 41.5 Å². The Morgan fingerprint density at radius 1 is 0.897 bits per heavy atom. The molecule has 29 heavy (non-hydrogen) atoms. The zero-order chi connectivity index (χ0) is 20.3. The van der Waals surface area contributed by atoms with E-state index in [4.69, 9.17) is 0 Å². The first-order valence-corrected chi connectivity index (χ1v) is 11.2. The summed E-state index contributed by atoms with van der Waals surface area (Å²) in [6.07, 6.45) is 5.68. The average Bonchev–Trinajstić information content (AvgIpc) is 3.18. The van der Waals surface area contributed by atoms with Crippen molar-refractivity contribution in [1.29, 1.82) is 0 Å². The van der Waals surface area contributed by atoms with Gasteiger partial charge in [0.15, 0.2) is 5.96 Å². The maximum Gasteiger partial charge on any atom is 0.190 e. The Labute approximate surface area is 176 Å². The highest BCUT2D eigenvalue weighted by atomic mass is 15.3. The molecular weight excluding hydrogens is 360 g/mol. The lowest BCUT2D eigenvalue weighted by molar-refractivity contribution is 0.136. The molecular formula is C23H38N6. The fourth-order valence-electron chi connectivity index (χ4n) is 4.01. The first kappa shape index (κ1) is 21.7. The number of nitrogens with zero attached hydrogens (tertiary/aromatic N) is 4. The van der Waals surface area contributed by atoms with Crippen molar-refractivity contribution in [1.82, 2.24) is 25.0 Å².